The van der Waals surface area contributed by atoms with E-state index in [0.29, 0.717) is 17.1 Å². The minimum absolute atomic E-state index is 0.00345. The van der Waals surface area contributed by atoms with E-state index < -0.39 is 11.7 Å². The number of anilines is 2. The number of halogens is 1. The lowest BCUT2D eigenvalue weighted by molar-refractivity contribution is 0.102. The number of benzene rings is 1. The van der Waals surface area contributed by atoms with E-state index in [1.165, 1.54) is 12.3 Å². The molecule has 1 aromatic heterocycles. The standard InChI is InChI=1S/C14H14FN3O/c1-8-4-3-5-10(13(8)15)14(19)18-12-6-9(2)11(16)7-17-12/h3-7H,16H2,1-2H3,(H,17,18,19). The molecular weight excluding hydrogens is 245 g/mol. The van der Waals surface area contributed by atoms with Gasteiger partial charge in [0.05, 0.1) is 17.4 Å². The van der Waals surface area contributed by atoms with Crippen molar-refractivity contribution in [2.24, 2.45) is 0 Å². The number of nitrogens with two attached hydrogens (primary N) is 1. The Balaban J connectivity index is 2.26. The van der Waals surface area contributed by atoms with Gasteiger partial charge in [-0.05, 0) is 37.1 Å². The van der Waals surface area contributed by atoms with Gasteiger partial charge in [0.25, 0.3) is 5.91 Å². The number of amides is 1. The van der Waals surface area contributed by atoms with E-state index in [9.17, 15) is 9.18 Å². The molecule has 0 aliphatic rings. The number of nitrogens with zero attached hydrogens (tertiary/aromatic N) is 1. The van der Waals surface area contributed by atoms with Crippen molar-refractivity contribution in [1.82, 2.24) is 4.98 Å². The Labute approximate surface area is 110 Å². The fourth-order valence-corrected chi connectivity index (χ4v) is 1.64. The van der Waals surface area contributed by atoms with E-state index in [0.717, 1.165) is 5.56 Å². The fourth-order valence-electron chi connectivity index (χ4n) is 1.64. The molecule has 0 spiro atoms. The molecule has 0 saturated carbocycles. The summed E-state index contributed by atoms with van der Waals surface area (Å²) in [5, 5.41) is 2.55. The summed E-state index contributed by atoms with van der Waals surface area (Å²) in [7, 11) is 0. The van der Waals surface area contributed by atoms with Crippen LogP contribution in [-0.2, 0) is 0 Å². The Morgan fingerprint density at radius 1 is 1.32 bits per heavy atom. The van der Waals surface area contributed by atoms with Crippen molar-refractivity contribution in [3.8, 4) is 0 Å². The van der Waals surface area contributed by atoms with Gasteiger partial charge >= 0.3 is 0 Å². The summed E-state index contributed by atoms with van der Waals surface area (Å²) in [6, 6.07) is 6.31. The molecule has 3 N–H and O–H groups in total. The third kappa shape index (κ3) is 2.70. The highest BCUT2D eigenvalue weighted by atomic mass is 19.1. The third-order valence-corrected chi connectivity index (χ3v) is 2.83. The number of aryl methyl sites for hydroxylation is 2. The van der Waals surface area contributed by atoms with E-state index in [4.69, 9.17) is 5.73 Å². The van der Waals surface area contributed by atoms with E-state index in [1.54, 1.807) is 32.0 Å². The van der Waals surface area contributed by atoms with Crippen molar-refractivity contribution in [3.05, 3.63) is 53.0 Å². The van der Waals surface area contributed by atoms with Crippen LogP contribution < -0.4 is 11.1 Å². The topological polar surface area (TPSA) is 68.0 Å². The van der Waals surface area contributed by atoms with Gasteiger partial charge < -0.3 is 11.1 Å². The van der Waals surface area contributed by atoms with Crippen LogP contribution in [0.1, 0.15) is 21.5 Å². The summed E-state index contributed by atoms with van der Waals surface area (Å²) in [6.45, 7) is 3.41. The lowest BCUT2D eigenvalue weighted by Crippen LogP contribution is -2.15. The van der Waals surface area contributed by atoms with Gasteiger partial charge in [0.1, 0.15) is 11.6 Å². The number of hydrogen-bond donors (Lipinski definition) is 2. The van der Waals surface area contributed by atoms with Crippen molar-refractivity contribution in [2.45, 2.75) is 13.8 Å². The minimum atomic E-state index is -0.530. The number of carbonyl (C=O) groups is 1. The molecule has 0 radical (unpaired) electrons. The number of pyridine rings is 1. The molecule has 2 aromatic rings. The van der Waals surface area contributed by atoms with Crippen molar-refractivity contribution in [1.29, 1.82) is 0 Å². The van der Waals surface area contributed by atoms with Crippen molar-refractivity contribution in [2.75, 3.05) is 11.1 Å². The smallest absolute Gasteiger partial charge is 0.259 e. The highest BCUT2D eigenvalue weighted by molar-refractivity contribution is 6.04. The van der Waals surface area contributed by atoms with Crippen LogP contribution in [0, 0.1) is 19.7 Å². The monoisotopic (exact) mass is 259 g/mol. The highest BCUT2D eigenvalue weighted by Gasteiger charge is 2.13. The fraction of sp³-hybridized carbons (Fsp3) is 0.143. The third-order valence-electron chi connectivity index (χ3n) is 2.83. The predicted octanol–water partition coefficient (Wildman–Crippen LogP) is 2.67. The first-order valence-electron chi connectivity index (χ1n) is 5.77. The van der Waals surface area contributed by atoms with Gasteiger partial charge in [-0.15, -0.1) is 0 Å². The second-order valence-corrected chi connectivity index (χ2v) is 4.32. The number of rotatable bonds is 2. The molecule has 0 saturated heterocycles. The average Bonchev–Trinajstić information content (AvgIpc) is 2.37. The molecule has 5 heteroatoms. The normalized spacial score (nSPS) is 10.3. The quantitative estimate of drug-likeness (QED) is 0.871. The first-order valence-corrected chi connectivity index (χ1v) is 5.77. The van der Waals surface area contributed by atoms with Crippen LogP contribution in [0.5, 0.6) is 0 Å². The summed E-state index contributed by atoms with van der Waals surface area (Å²) >= 11 is 0. The summed E-state index contributed by atoms with van der Waals surface area (Å²) in [6.07, 6.45) is 1.46. The highest BCUT2D eigenvalue weighted by Crippen LogP contribution is 2.16. The molecule has 0 aliphatic carbocycles. The van der Waals surface area contributed by atoms with Crippen LogP contribution in [0.15, 0.2) is 30.5 Å². The second kappa shape index (κ2) is 5.06. The molecule has 0 unspecified atom stereocenters. The lowest BCUT2D eigenvalue weighted by Gasteiger charge is -2.08. The van der Waals surface area contributed by atoms with Gasteiger partial charge in [-0.3, -0.25) is 4.79 Å². The van der Waals surface area contributed by atoms with E-state index >= 15 is 0 Å². The van der Waals surface area contributed by atoms with Gasteiger partial charge in [-0.25, -0.2) is 9.37 Å². The molecule has 0 bridgehead atoms. The molecule has 1 amide bonds. The zero-order valence-electron chi connectivity index (χ0n) is 10.7. The van der Waals surface area contributed by atoms with Crippen molar-refractivity contribution in [3.63, 3.8) is 0 Å². The second-order valence-electron chi connectivity index (χ2n) is 4.32. The maximum absolute atomic E-state index is 13.8. The Kier molecular flexibility index (Phi) is 3.46. The van der Waals surface area contributed by atoms with Crippen LogP contribution in [0.3, 0.4) is 0 Å². The summed E-state index contributed by atoms with van der Waals surface area (Å²) < 4.78 is 13.8. The predicted molar refractivity (Wildman–Crippen MR) is 72.5 cm³/mol. The largest absolute Gasteiger partial charge is 0.397 e. The summed E-state index contributed by atoms with van der Waals surface area (Å²) in [5.41, 5.74) is 7.40. The summed E-state index contributed by atoms with van der Waals surface area (Å²) in [4.78, 5) is 15.9. The molecule has 1 aromatic carbocycles. The van der Waals surface area contributed by atoms with Crippen molar-refractivity contribution < 1.29 is 9.18 Å². The minimum Gasteiger partial charge on any atom is -0.397 e. The van der Waals surface area contributed by atoms with Crippen LogP contribution in [0.2, 0.25) is 0 Å². The molecule has 0 atom stereocenters. The first kappa shape index (κ1) is 13.0. The molecule has 2 rings (SSSR count). The molecule has 4 nitrogen and oxygen atoms in total. The first-order chi connectivity index (χ1) is 8.99. The number of carbonyl (C=O) groups excluding carboxylic acids is 1. The zero-order chi connectivity index (χ0) is 14.0. The maximum Gasteiger partial charge on any atom is 0.259 e. The molecule has 0 fully saturated rings. The molecular formula is C14H14FN3O. The lowest BCUT2D eigenvalue weighted by atomic mass is 10.1. The molecule has 98 valence electrons. The average molecular weight is 259 g/mol. The van der Waals surface area contributed by atoms with E-state index in [1.807, 2.05) is 0 Å². The zero-order valence-corrected chi connectivity index (χ0v) is 10.7. The van der Waals surface area contributed by atoms with Gasteiger partial charge in [-0.2, -0.15) is 0 Å². The molecule has 19 heavy (non-hydrogen) atoms. The number of nitrogen functional groups attached to an aromatic ring is 1. The van der Waals surface area contributed by atoms with Crippen LogP contribution in [-0.4, -0.2) is 10.9 Å². The van der Waals surface area contributed by atoms with Crippen LogP contribution in [0.4, 0.5) is 15.9 Å². The number of nitrogens with one attached hydrogen (secondary N) is 1. The Morgan fingerprint density at radius 3 is 2.74 bits per heavy atom. The Hall–Kier alpha value is -2.43. The summed E-state index contributed by atoms with van der Waals surface area (Å²) in [5.74, 6) is -0.706. The van der Waals surface area contributed by atoms with Crippen LogP contribution >= 0.6 is 0 Å². The van der Waals surface area contributed by atoms with Gasteiger partial charge in [-0.1, -0.05) is 12.1 Å². The van der Waals surface area contributed by atoms with E-state index in [-0.39, 0.29) is 5.56 Å². The molecule has 0 aliphatic heterocycles. The molecule has 1 heterocycles. The number of hydrogen-bond acceptors (Lipinski definition) is 3. The van der Waals surface area contributed by atoms with Gasteiger partial charge in [0.15, 0.2) is 0 Å². The SMILES string of the molecule is Cc1cc(NC(=O)c2cccc(C)c2F)ncc1N. The Morgan fingerprint density at radius 2 is 2.05 bits per heavy atom. The number of aromatic nitrogens is 1. The van der Waals surface area contributed by atoms with Gasteiger partial charge in [0, 0.05) is 0 Å². The van der Waals surface area contributed by atoms with E-state index in [2.05, 4.69) is 10.3 Å². The van der Waals surface area contributed by atoms with Crippen LogP contribution in [0.25, 0.3) is 0 Å². The van der Waals surface area contributed by atoms with Crippen molar-refractivity contribution >= 4 is 17.4 Å². The maximum atomic E-state index is 13.8. The van der Waals surface area contributed by atoms with Gasteiger partial charge in [0.2, 0.25) is 0 Å². The Bertz CT molecular complexity index is 641.